The van der Waals surface area contributed by atoms with Crippen molar-refractivity contribution in [2.24, 2.45) is 10.8 Å². The van der Waals surface area contributed by atoms with E-state index in [0.717, 1.165) is 12.8 Å². The summed E-state index contributed by atoms with van der Waals surface area (Å²) in [5, 5.41) is 0. The third-order valence-corrected chi connectivity index (χ3v) is 2.90. The van der Waals surface area contributed by atoms with Gasteiger partial charge in [-0.3, -0.25) is 0 Å². The normalized spacial score (nSPS) is 14.8. The minimum Gasteiger partial charge on any atom is -0.472 e. The minimum absolute atomic E-state index is 0.365. The van der Waals surface area contributed by atoms with Crippen LogP contribution in [0, 0.1) is 10.8 Å². The lowest BCUT2D eigenvalue weighted by molar-refractivity contribution is 0.408. The standard InChI is InChI=1S/C10H16.C9H14O/c1-10(2,3)8-9-6-4-5-7-9;1-9(2,3)6-8-4-5-10-7-8/h4,6-7H,5,8H2,1-3H3;4-5,7H,6H2,1-3H3. The van der Waals surface area contributed by atoms with Crippen molar-refractivity contribution < 1.29 is 4.42 Å². The van der Waals surface area contributed by atoms with E-state index >= 15 is 0 Å². The molecule has 0 saturated heterocycles. The highest BCUT2D eigenvalue weighted by molar-refractivity contribution is 5.26. The van der Waals surface area contributed by atoms with Crippen molar-refractivity contribution in [1.29, 1.82) is 0 Å². The Kier molecular flexibility index (Phi) is 5.86. The Balaban J connectivity index is 0.000000200. The Hall–Kier alpha value is -1.24. The summed E-state index contributed by atoms with van der Waals surface area (Å²) in [5.41, 5.74) is 3.60. The maximum atomic E-state index is 4.96. The molecule has 112 valence electrons. The van der Waals surface area contributed by atoms with E-state index in [-0.39, 0.29) is 0 Å². The zero-order valence-corrected chi connectivity index (χ0v) is 14.0. The van der Waals surface area contributed by atoms with E-state index in [0.29, 0.717) is 10.8 Å². The van der Waals surface area contributed by atoms with E-state index in [9.17, 15) is 0 Å². The van der Waals surface area contributed by atoms with E-state index < -0.39 is 0 Å². The summed E-state index contributed by atoms with van der Waals surface area (Å²) in [5.74, 6) is 0. The van der Waals surface area contributed by atoms with Crippen LogP contribution in [0.3, 0.4) is 0 Å². The molecule has 0 unspecified atom stereocenters. The van der Waals surface area contributed by atoms with Gasteiger partial charge in [0, 0.05) is 0 Å². The SMILES string of the molecule is CC(C)(C)CC1=CCC=C1.CC(C)(C)Cc1ccoc1. The number of allylic oxidation sites excluding steroid dienone is 4. The second-order valence-electron chi connectivity index (χ2n) is 8.02. The van der Waals surface area contributed by atoms with E-state index in [1.54, 1.807) is 6.26 Å². The quantitative estimate of drug-likeness (QED) is 0.628. The van der Waals surface area contributed by atoms with Gasteiger partial charge in [0.15, 0.2) is 0 Å². The lowest BCUT2D eigenvalue weighted by atomic mass is 9.88. The molecule has 0 N–H and O–H groups in total. The molecular formula is C19H30O. The number of hydrogen-bond donors (Lipinski definition) is 0. The first-order valence-electron chi connectivity index (χ1n) is 7.52. The van der Waals surface area contributed by atoms with Gasteiger partial charge in [0.2, 0.25) is 0 Å². The fourth-order valence-corrected chi connectivity index (χ4v) is 2.26. The fourth-order valence-electron chi connectivity index (χ4n) is 2.26. The molecule has 1 aromatic heterocycles. The van der Waals surface area contributed by atoms with Crippen LogP contribution in [-0.4, -0.2) is 0 Å². The van der Waals surface area contributed by atoms with E-state index in [1.807, 2.05) is 12.3 Å². The van der Waals surface area contributed by atoms with Crippen molar-refractivity contribution in [2.75, 3.05) is 0 Å². The molecule has 0 radical (unpaired) electrons. The molecule has 0 atom stereocenters. The molecule has 1 heterocycles. The van der Waals surface area contributed by atoms with Crippen LogP contribution in [0.15, 0.2) is 46.8 Å². The highest BCUT2D eigenvalue weighted by Gasteiger charge is 2.12. The van der Waals surface area contributed by atoms with Crippen molar-refractivity contribution in [2.45, 2.75) is 60.8 Å². The average molecular weight is 274 g/mol. The summed E-state index contributed by atoms with van der Waals surface area (Å²) in [7, 11) is 0. The van der Waals surface area contributed by atoms with Gasteiger partial charge in [-0.05, 0) is 41.7 Å². The number of furan rings is 1. The molecule has 1 nitrogen and oxygen atoms in total. The van der Waals surface area contributed by atoms with E-state index in [2.05, 4.69) is 59.8 Å². The molecule has 0 fully saturated rings. The summed E-state index contributed by atoms with van der Waals surface area (Å²) in [6.45, 7) is 13.5. The molecule has 0 bridgehead atoms. The van der Waals surface area contributed by atoms with Crippen LogP contribution >= 0.6 is 0 Å². The van der Waals surface area contributed by atoms with Crippen molar-refractivity contribution in [3.8, 4) is 0 Å². The third kappa shape index (κ3) is 8.04. The van der Waals surface area contributed by atoms with Crippen LogP contribution in [0.2, 0.25) is 0 Å². The Labute approximate surface area is 124 Å². The van der Waals surface area contributed by atoms with Crippen LogP contribution in [-0.2, 0) is 6.42 Å². The first-order valence-corrected chi connectivity index (χ1v) is 7.52. The molecule has 20 heavy (non-hydrogen) atoms. The van der Waals surface area contributed by atoms with Crippen molar-refractivity contribution >= 4 is 0 Å². The summed E-state index contributed by atoms with van der Waals surface area (Å²) < 4.78 is 4.96. The zero-order valence-electron chi connectivity index (χ0n) is 14.0. The van der Waals surface area contributed by atoms with Crippen LogP contribution in [0.4, 0.5) is 0 Å². The molecule has 2 rings (SSSR count). The van der Waals surface area contributed by atoms with Crippen LogP contribution < -0.4 is 0 Å². The monoisotopic (exact) mass is 274 g/mol. The molecule has 0 aliphatic heterocycles. The molecule has 1 aliphatic carbocycles. The van der Waals surface area contributed by atoms with Gasteiger partial charge in [0.25, 0.3) is 0 Å². The van der Waals surface area contributed by atoms with Crippen LogP contribution in [0.5, 0.6) is 0 Å². The van der Waals surface area contributed by atoms with Gasteiger partial charge in [-0.2, -0.15) is 0 Å². The second-order valence-corrected chi connectivity index (χ2v) is 8.02. The second kappa shape index (κ2) is 6.97. The van der Waals surface area contributed by atoms with Gasteiger partial charge in [-0.25, -0.2) is 0 Å². The Morgan fingerprint density at radius 1 is 1.00 bits per heavy atom. The first kappa shape index (κ1) is 16.8. The highest BCUT2D eigenvalue weighted by Crippen LogP contribution is 2.26. The van der Waals surface area contributed by atoms with E-state index in [4.69, 9.17) is 4.42 Å². The lowest BCUT2D eigenvalue weighted by Crippen LogP contribution is -2.07. The Bertz CT molecular complexity index is 433. The topological polar surface area (TPSA) is 13.1 Å². The molecule has 1 aliphatic rings. The molecule has 1 aromatic rings. The minimum atomic E-state index is 0.365. The maximum absolute atomic E-state index is 4.96. The van der Waals surface area contributed by atoms with Crippen molar-refractivity contribution in [1.82, 2.24) is 0 Å². The molecule has 0 aromatic carbocycles. The van der Waals surface area contributed by atoms with Gasteiger partial charge in [-0.1, -0.05) is 65.3 Å². The van der Waals surface area contributed by atoms with Crippen molar-refractivity contribution in [3.63, 3.8) is 0 Å². The summed E-state index contributed by atoms with van der Waals surface area (Å²) in [6.07, 6.45) is 13.8. The predicted octanol–water partition coefficient (Wildman–Crippen LogP) is 6.18. The number of rotatable bonds is 2. The summed E-state index contributed by atoms with van der Waals surface area (Å²) in [4.78, 5) is 0. The highest BCUT2D eigenvalue weighted by atomic mass is 16.3. The zero-order chi connectivity index (χ0) is 15.2. The predicted molar refractivity (Wildman–Crippen MR) is 87.8 cm³/mol. The average Bonchev–Trinajstić information content (AvgIpc) is 2.87. The third-order valence-electron chi connectivity index (χ3n) is 2.90. The molecular weight excluding hydrogens is 244 g/mol. The van der Waals surface area contributed by atoms with Gasteiger partial charge >= 0.3 is 0 Å². The molecule has 0 amide bonds. The molecule has 0 spiro atoms. The molecule has 1 heteroatoms. The maximum Gasteiger partial charge on any atom is 0.0934 e. The van der Waals surface area contributed by atoms with E-state index in [1.165, 1.54) is 17.6 Å². The fraction of sp³-hybridized carbons (Fsp3) is 0.579. The largest absolute Gasteiger partial charge is 0.472 e. The summed E-state index contributed by atoms with van der Waals surface area (Å²) >= 11 is 0. The van der Waals surface area contributed by atoms with Gasteiger partial charge in [0.1, 0.15) is 0 Å². The smallest absolute Gasteiger partial charge is 0.0934 e. The van der Waals surface area contributed by atoms with Gasteiger partial charge in [-0.15, -0.1) is 0 Å². The first-order chi connectivity index (χ1) is 9.16. The van der Waals surface area contributed by atoms with Crippen LogP contribution in [0.1, 0.15) is 59.9 Å². The van der Waals surface area contributed by atoms with Crippen LogP contribution in [0.25, 0.3) is 0 Å². The molecule has 0 saturated carbocycles. The Morgan fingerprint density at radius 2 is 1.65 bits per heavy atom. The summed E-state index contributed by atoms with van der Waals surface area (Å²) in [6, 6.07) is 2.02. The lowest BCUT2D eigenvalue weighted by Gasteiger charge is -2.17. The van der Waals surface area contributed by atoms with Gasteiger partial charge < -0.3 is 4.42 Å². The Morgan fingerprint density at radius 3 is 2.05 bits per heavy atom. The number of hydrogen-bond acceptors (Lipinski definition) is 1. The van der Waals surface area contributed by atoms with Crippen molar-refractivity contribution in [3.05, 3.63) is 48.0 Å². The van der Waals surface area contributed by atoms with Gasteiger partial charge in [0.05, 0.1) is 12.5 Å².